The van der Waals surface area contributed by atoms with E-state index < -0.39 is 0 Å². The van der Waals surface area contributed by atoms with Crippen molar-refractivity contribution >= 4 is 43.5 Å². The standard InChI is InChI=1S/C104H116O/c1-11-15-19-23-27-39-57-103(58-40-28-24-20-16-12-2)91-66-86-84-64-90-88(99-78-51-36-34-48-75(78)82(62-96(99)102(90,9)10)80-55-44-54-79-76-49-37-38-56-97(76)105-100(79)80)68-94(84)104(59-41-29-25-21-17-13-3,60-42-30-26-22-18-14-4)92(86)65-85(91)83-63-89-87(67-93(83)103)98-77-50-35-33-47-74(77)81(61-95(98)101(89,7)8)73-53-43-52-72(70(73)6)71-46-32-31-45-69(71)5/h31-38,43-56,61-68H,11-30,39-42,57-60H2,1-10H3. The van der Waals surface area contributed by atoms with Crippen LogP contribution in [-0.2, 0) is 21.7 Å². The summed E-state index contributed by atoms with van der Waals surface area (Å²) in [5.74, 6) is 0. The summed E-state index contributed by atoms with van der Waals surface area (Å²) in [7, 11) is 0. The first kappa shape index (κ1) is 71.0. The number of unbranched alkanes of at least 4 members (excludes halogenated alkanes) is 20. The van der Waals surface area contributed by atoms with Crippen LogP contribution in [0.25, 0.3) is 121 Å². The summed E-state index contributed by atoms with van der Waals surface area (Å²) in [6.45, 7) is 24.4. The second-order valence-corrected chi connectivity index (χ2v) is 34.2. The van der Waals surface area contributed by atoms with Gasteiger partial charge in [0.05, 0.1) is 0 Å². The van der Waals surface area contributed by atoms with Gasteiger partial charge in [-0.25, -0.2) is 0 Å². The van der Waals surface area contributed by atoms with Crippen molar-refractivity contribution in [2.75, 3.05) is 0 Å². The van der Waals surface area contributed by atoms with Crippen molar-refractivity contribution in [2.24, 2.45) is 0 Å². The zero-order valence-corrected chi connectivity index (χ0v) is 65.5. The van der Waals surface area contributed by atoms with Gasteiger partial charge in [-0.2, -0.15) is 0 Å². The molecular weight excluding hydrogens is 1270 g/mol. The fourth-order valence-electron chi connectivity index (χ4n) is 21.3. The fraction of sp³-hybridized carbons (Fsp3) is 0.404. The Morgan fingerprint density at radius 2 is 0.562 bits per heavy atom. The minimum atomic E-state index is -0.269. The molecule has 0 fully saturated rings. The number of aryl methyl sites for hydroxylation is 1. The van der Waals surface area contributed by atoms with E-state index in [-0.39, 0.29) is 21.7 Å². The number of hydrogen-bond acceptors (Lipinski definition) is 1. The monoisotopic (exact) mass is 1380 g/mol. The van der Waals surface area contributed by atoms with Gasteiger partial charge in [-0.1, -0.05) is 337 Å². The first-order valence-corrected chi connectivity index (χ1v) is 42.1. The molecule has 11 aromatic carbocycles. The maximum Gasteiger partial charge on any atom is 0.143 e. The molecule has 105 heavy (non-hydrogen) atoms. The quantitative estimate of drug-likeness (QED) is 0.0395. The molecule has 0 radical (unpaired) electrons. The highest BCUT2D eigenvalue weighted by atomic mass is 16.3. The summed E-state index contributed by atoms with van der Waals surface area (Å²) in [5.41, 5.74) is 36.0. The molecule has 538 valence electrons. The summed E-state index contributed by atoms with van der Waals surface area (Å²) >= 11 is 0. The molecule has 1 aromatic heterocycles. The fourth-order valence-corrected chi connectivity index (χ4v) is 21.3. The van der Waals surface area contributed by atoms with Crippen LogP contribution in [0.2, 0.25) is 0 Å². The number of benzene rings is 11. The molecule has 0 saturated carbocycles. The third-order valence-corrected chi connectivity index (χ3v) is 27.0. The average molecular weight is 1380 g/mol. The molecule has 4 aliphatic rings. The van der Waals surface area contributed by atoms with Crippen LogP contribution in [0.3, 0.4) is 0 Å². The van der Waals surface area contributed by atoms with Crippen LogP contribution >= 0.6 is 0 Å². The van der Waals surface area contributed by atoms with Crippen molar-refractivity contribution in [3.05, 3.63) is 238 Å². The van der Waals surface area contributed by atoms with Crippen LogP contribution < -0.4 is 0 Å². The van der Waals surface area contributed by atoms with Crippen molar-refractivity contribution in [3.8, 4) is 77.9 Å². The molecule has 0 saturated heterocycles. The van der Waals surface area contributed by atoms with Gasteiger partial charge in [0.25, 0.3) is 0 Å². The molecule has 12 aromatic rings. The third kappa shape index (κ3) is 12.1. The second kappa shape index (κ2) is 29.5. The van der Waals surface area contributed by atoms with Gasteiger partial charge in [0, 0.05) is 38.0 Å². The zero-order chi connectivity index (χ0) is 72.2. The normalized spacial score (nSPS) is 15.0. The number of para-hydroxylation sites is 2. The van der Waals surface area contributed by atoms with E-state index in [1.54, 1.807) is 33.4 Å². The minimum absolute atomic E-state index is 0.131. The Hall–Kier alpha value is -8.26. The molecular formula is C104H116O. The lowest BCUT2D eigenvalue weighted by Gasteiger charge is -2.35. The molecule has 1 heteroatoms. The highest BCUT2D eigenvalue weighted by Crippen LogP contribution is 2.66. The molecule has 0 aliphatic heterocycles. The summed E-state index contributed by atoms with van der Waals surface area (Å²) in [6, 6.07) is 72.8. The summed E-state index contributed by atoms with van der Waals surface area (Å²) < 4.78 is 6.89. The predicted molar refractivity (Wildman–Crippen MR) is 454 cm³/mol. The van der Waals surface area contributed by atoms with Crippen molar-refractivity contribution in [1.82, 2.24) is 0 Å². The molecule has 0 N–H and O–H groups in total. The van der Waals surface area contributed by atoms with Crippen LogP contribution in [0.4, 0.5) is 0 Å². The molecule has 0 spiro atoms. The van der Waals surface area contributed by atoms with Gasteiger partial charge in [0.2, 0.25) is 0 Å². The van der Waals surface area contributed by atoms with Crippen molar-refractivity contribution < 1.29 is 4.42 Å². The van der Waals surface area contributed by atoms with Crippen LogP contribution in [0.1, 0.15) is 291 Å². The van der Waals surface area contributed by atoms with Crippen LogP contribution in [0.5, 0.6) is 0 Å². The highest BCUT2D eigenvalue weighted by Gasteiger charge is 2.51. The summed E-state index contributed by atoms with van der Waals surface area (Å²) in [6.07, 6.45) is 35.9. The lowest BCUT2D eigenvalue weighted by molar-refractivity contribution is 0.394. The number of hydrogen-bond donors (Lipinski definition) is 0. The topological polar surface area (TPSA) is 13.1 Å². The highest BCUT2D eigenvalue weighted by molar-refractivity contribution is 6.16. The molecule has 0 atom stereocenters. The largest absolute Gasteiger partial charge is 0.455 e. The Balaban J connectivity index is 0.916. The van der Waals surface area contributed by atoms with Crippen molar-refractivity contribution in [3.63, 3.8) is 0 Å². The Bertz CT molecular complexity index is 5210. The van der Waals surface area contributed by atoms with E-state index in [2.05, 4.69) is 251 Å². The van der Waals surface area contributed by atoms with Crippen LogP contribution in [0, 0.1) is 13.8 Å². The van der Waals surface area contributed by atoms with Crippen molar-refractivity contribution in [1.29, 1.82) is 0 Å². The van der Waals surface area contributed by atoms with Crippen LogP contribution in [0.15, 0.2) is 186 Å². The lowest BCUT2D eigenvalue weighted by Crippen LogP contribution is -2.27. The van der Waals surface area contributed by atoms with E-state index in [0.29, 0.717) is 0 Å². The Morgan fingerprint density at radius 3 is 1.01 bits per heavy atom. The number of furan rings is 1. The molecule has 16 rings (SSSR count). The molecule has 1 heterocycles. The van der Waals surface area contributed by atoms with Gasteiger partial charge in [-0.05, 0) is 244 Å². The van der Waals surface area contributed by atoms with E-state index in [1.807, 2.05) is 0 Å². The van der Waals surface area contributed by atoms with Gasteiger partial charge in [-0.3, -0.25) is 0 Å². The van der Waals surface area contributed by atoms with E-state index in [1.165, 1.54) is 312 Å². The predicted octanol–water partition coefficient (Wildman–Crippen LogP) is 31.7. The van der Waals surface area contributed by atoms with Gasteiger partial charge in [-0.15, -0.1) is 0 Å². The molecule has 1 nitrogen and oxygen atoms in total. The van der Waals surface area contributed by atoms with Gasteiger partial charge >= 0.3 is 0 Å². The third-order valence-electron chi connectivity index (χ3n) is 27.0. The Labute approximate surface area is 630 Å². The first-order chi connectivity index (χ1) is 51.3. The minimum Gasteiger partial charge on any atom is -0.455 e. The SMILES string of the molecule is CCCCCCCCC1(CCCCCCCC)c2cc3c(cc2-c2cc4c(cc21)-c1cc2c(cc1C4(CCCCCCCC)CCCCCCCC)-c1c(cc(-c4cccc5c4oc4ccccc45)c4ccccc14)C2(C)C)C(C)(C)c1cc(-c2cccc(-c4ccccc4C)c2C)c2ccccc2c1-3. The average Bonchev–Trinajstić information content (AvgIpc) is 1.51. The second-order valence-electron chi connectivity index (χ2n) is 34.2. The molecule has 0 bridgehead atoms. The van der Waals surface area contributed by atoms with Gasteiger partial charge < -0.3 is 4.42 Å². The molecule has 4 aliphatic carbocycles. The molecule has 0 unspecified atom stereocenters. The lowest BCUT2D eigenvalue weighted by atomic mass is 9.68. The summed E-state index contributed by atoms with van der Waals surface area (Å²) in [4.78, 5) is 0. The van der Waals surface area contributed by atoms with Gasteiger partial charge in [0.1, 0.15) is 11.2 Å². The maximum atomic E-state index is 6.89. The smallest absolute Gasteiger partial charge is 0.143 e. The van der Waals surface area contributed by atoms with E-state index in [4.69, 9.17) is 4.42 Å². The maximum absolute atomic E-state index is 6.89. The van der Waals surface area contributed by atoms with E-state index in [0.717, 1.165) is 11.2 Å². The first-order valence-electron chi connectivity index (χ1n) is 42.1. The van der Waals surface area contributed by atoms with Crippen LogP contribution in [-0.4, -0.2) is 0 Å². The number of rotatable bonds is 31. The van der Waals surface area contributed by atoms with Gasteiger partial charge in [0.15, 0.2) is 0 Å². The molecule has 0 amide bonds. The Morgan fingerprint density at radius 1 is 0.248 bits per heavy atom. The van der Waals surface area contributed by atoms with E-state index >= 15 is 0 Å². The summed E-state index contributed by atoms with van der Waals surface area (Å²) in [5, 5.41) is 7.76. The van der Waals surface area contributed by atoms with E-state index in [9.17, 15) is 0 Å². The number of fused-ring (bicyclic) bond motifs is 19. The Kier molecular flexibility index (Phi) is 19.9. The zero-order valence-electron chi connectivity index (χ0n) is 65.5. The van der Waals surface area contributed by atoms with Crippen molar-refractivity contribution in [2.45, 2.75) is 271 Å².